The zero-order chi connectivity index (χ0) is 15.8. The molecule has 11 heteroatoms. The van der Waals surface area contributed by atoms with Gasteiger partial charge in [-0.25, -0.2) is 14.3 Å². The van der Waals surface area contributed by atoms with Crippen molar-refractivity contribution < 1.29 is 18.1 Å². The van der Waals surface area contributed by atoms with Crippen LogP contribution < -0.4 is 11.3 Å². The average molecular weight is 336 g/mol. The second-order valence-electron chi connectivity index (χ2n) is 5.13. The van der Waals surface area contributed by atoms with E-state index in [9.17, 15) is 18.5 Å². The van der Waals surface area contributed by atoms with Gasteiger partial charge in [0.1, 0.15) is 4.21 Å². The fraction of sp³-hybridized carbons (Fsp3) is 0.600. The molecule has 1 aliphatic heterocycles. The van der Waals surface area contributed by atoms with Crippen molar-refractivity contribution in [1.82, 2.24) is 4.31 Å². The third-order valence-corrected chi connectivity index (χ3v) is 6.35. The predicted octanol–water partition coefficient (Wildman–Crippen LogP) is 0.741. The van der Waals surface area contributed by atoms with E-state index >= 15 is 0 Å². The summed E-state index contributed by atoms with van der Waals surface area (Å²) in [6.45, 7) is 4.26. The van der Waals surface area contributed by atoms with Gasteiger partial charge < -0.3 is 10.2 Å². The molecular weight excluding hydrogens is 320 g/mol. The van der Waals surface area contributed by atoms with Crippen molar-refractivity contribution in [2.45, 2.75) is 23.7 Å². The van der Waals surface area contributed by atoms with Gasteiger partial charge >= 0.3 is 5.69 Å². The molecule has 0 amide bonds. The van der Waals surface area contributed by atoms with Gasteiger partial charge in [-0.15, -0.1) is 0 Å². The van der Waals surface area contributed by atoms with E-state index in [0.29, 0.717) is 0 Å². The molecule has 1 saturated heterocycles. The molecule has 0 atom stereocenters. The lowest BCUT2D eigenvalue weighted by molar-refractivity contribution is -0.383. The summed E-state index contributed by atoms with van der Waals surface area (Å²) in [4.78, 5) is 10.2. The SMILES string of the molecule is CC1(C)CN(S(=O)(=O)c2cc([N+](=O)[O-])c(NN)s2)CCO1. The minimum atomic E-state index is -3.81. The summed E-state index contributed by atoms with van der Waals surface area (Å²) in [6, 6.07) is 1.03. The quantitative estimate of drug-likeness (QED) is 0.471. The van der Waals surface area contributed by atoms with Crippen molar-refractivity contribution in [2.75, 3.05) is 25.1 Å². The Kier molecular flexibility index (Phi) is 4.22. The summed E-state index contributed by atoms with van der Waals surface area (Å²) < 4.78 is 31.8. The van der Waals surface area contributed by atoms with Gasteiger partial charge in [0.15, 0.2) is 5.00 Å². The maximum atomic E-state index is 12.6. The van der Waals surface area contributed by atoms with E-state index in [2.05, 4.69) is 5.43 Å². The van der Waals surface area contributed by atoms with Gasteiger partial charge in [-0.1, -0.05) is 11.3 Å². The fourth-order valence-corrected chi connectivity index (χ4v) is 5.00. The molecule has 9 nitrogen and oxygen atoms in total. The number of ether oxygens (including phenoxy) is 1. The normalized spacial score (nSPS) is 19.4. The molecular formula is C10H16N4O5S2. The van der Waals surface area contributed by atoms with Crippen molar-refractivity contribution in [3.05, 3.63) is 16.2 Å². The molecule has 2 rings (SSSR count). The monoisotopic (exact) mass is 336 g/mol. The first-order valence-electron chi connectivity index (χ1n) is 6.06. The third-order valence-electron chi connectivity index (χ3n) is 3.00. The molecule has 0 bridgehead atoms. The van der Waals surface area contributed by atoms with Crippen LogP contribution in [0.1, 0.15) is 13.8 Å². The Morgan fingerprint density at radius 1 is 1.57 bits per heavy atom. The van der Waals surface area contributed by atoms with Crippen molar-refractivity contribution in [1.29, 1.82) is 0 Å². The number of sulfonamides is 1. The number of anilines is 1. The number of nitro groups is 1. The van der Waals surface area contributed by atoms with Gasteiger partial charge in [-0.2, -0.15) is 4.31 Å². The van der Waals surface area contributed by atoms with E-state index in [0.717, 1.165) is 17.4 Å². The van der Waals surface area contributed by atoms with Crippen LogP contribution in [-0.4, -0.2) is 42.9 Å². The summed E-state index contributed by atoms with van der Waals surface area (Å²) in [6.07, 6.45) is 0. The van der Waals surface area contributed by atoms with Gasteiger partial charge in [-0.3, -0.25) is 10.1 Å². The van der Waals surface area contributed by atoms with Gasteiger partial charge in [0.25, 0.3) is 10.0 Å². The Bertz CT molecular complexity index is 654. The Morgan fingerprint density at radius 3 is 2.71 bits per heavy atom. The van der Waals surface area contributed by atoms with Crippen LogP contribution in [0, 0.1) is 10.1 Å². The van der Waals surface area contributed by atoms with E-state index in [1.807, 2.05) is 0 Å². The number of hydrogen-bond donors (Lipinski definition) is 2. The molecule has 1 aliphatic rings. The molecule has 0 saturated carbocycles. The summed E-state index contributed by atoms with van der Waals surface area (Å²) >= 11 is 0.740. The molecule has 0 radical (unpaired) electrons. The van der Waals surface area contributed by atoms with E-state index in [-0.39, 0.29) is 34.6 Å². The summed E-state index contributed by atoms with van der Waals surface area (Å²) in [5.41, 5.74) is 1.21. The largest absolute Gasteiger partial charge is 0.373 e. The van der Waals surface area contributed by atoms with Crippen LogP contribution >= 0.6 is 11.3 Å². The van der Waals surface area contributed by atoms with E-state index in [4.69, 9.17) is 10.6 Å². The summed E-state index contributed by atoms with van der Waals surface area (Å²) in [7, 11) is -3.81. The Labute approximate surface area is 125 Å². The minimum Gasteiger partial charge on any atom is -0.373 e. The number of nitrogens with zero attached hydrogens (tertiary/aromatic N) is 2. The number of nitrogen functional groups attached to an aromatic ring is 1. The lowest BCUT2D eigenvalue weighted by Gasteiger charge is -2.36. The van der Waals surface area contributed by atoms with Gasteiger partial charge in [0.2, 0.25) is 0 Å². The number of nitrogens with two attached hydrogens (primary N) is 1. The number of rotatable bonds is 4. The zero-order valence-electron chi connectivity index (χ0n) is 11.5. The zero-order valence-corrected chi connectivity index (χ0v) is 13.2. The first kappa shape index (κ1) is 16.1. The van der Waals surface area contributed by atoms with Crippen LogP contribution in [0.3, 0.4) is 0 Å². The van der Waals surface area contributed by atoms with Crippen molar-refractivity contribution in [2.24, 2.45) is 5.84 Å². The summed E-state index contributed by atoms with van der Waals surface area (Å²) in [5.74, 6) is 5.19. The topological polar surface area (TPSA) is 128 Å². The molecule has 0 spiro atoms. The molecule has 1 fully saturated rings. The summed E-state index contributed by atoms with van der Waals surface area (Å²) in [5, 5.41) is 10.9. The van der Waals surface area contributed by atoms with Crippen LogP contribution in [0.4, 0.5) is 10.7 Å². The van der Waals surface area contributed by atoms with Crippen LogP contribution in [-0.2, 0) is 14.8 Å². The fourth-order valence-electron chi connectivity index (χ4n) is 2.03. The van der Waals surface area contributed by atoms with E-state index in [1.165, 1.54) is 4.31 Å². The molecule has 1 aromatic heterocycles. The molecule has 0 aromatic carbocycles. The maximum absolute atomic E-state index is 12.6. The average Bonchev–Trinajstić information content (AvgIpc) is 2.82. The molecule has 2 heterocycles. The molecule has 0 unspecified atom stereocenters. The van der Waals surface area contributed by atoms with Crippen LogP contribution in [0.25, 0.3) is 0 Å². The maximum Gasteiger partial charge on any atom is 0.306 e. The molecule has 0 aliphatic carbocycles. The highest BCUT2D eigenvalue weighted by atomic mass is 32.2. The first-order chi connectivity index (χ1) is 9.67. The number of thiophene rings is 1. The molecule has 118 valence electrons. The van der Waals surface area contributed by atoms with Crippen LogP contribution in [0.2, 0.25) is 0 Å². The predicted molar refractivity (Wildman–Crippen MR) is 77.6 cm³/mol. The van der Waals surface area contributed by atoms with Gasteiger partial charge in [0.05, 0.1) is 17.1 Å². The number of nitrogens with one attached hydrogen (secondary N) is 1. The number of hydrogen-bond acceptors (Lipinski definition) is 8. The number of morpholine rings is 1. The lowest BCUT2D eigenvalue weighted by Crippen LogP contribution is -2.50. The Morgan fingerprint density at radius 2 is 2.24 bits per heavy atom. The van der Waals surface area contributed by atoms with Crippen LogP contribution in [0.5, 0.6) is 0 Å². The van der Waals surface area contributed by atoms with Crippen molar-refractivity contribution in [3.8, 4) is 0 Å². The highest BCUT2D eigenvalue weighted by Gasteiger charge is 2.37. The van der Waals surface area contributed by atoms with E-state index < -0.39 is 20.5 Å². The minimum absolute atomic E-state index is 0.00564. The lowest BCUT2D eigenvalue weighted by atomic mass is 10.1. The molecule has 3 N–H and O–H groups in total. The first-order valence-corrected chi connectivity index (χ1v) is 8.32. The third kappa shape index (κ3) is 3.16. The smallest absolute Gasteiger partial charge is 0.306 e. The van der Waals surface area contributed by atoms with Gasteiger partial charge in [0, 0.05) is 19.2 Å². The molecule has 21 heavy (non-hydrogen) atoms. The standard InChI is InChI=1S/C10H16N4O5S2/c1-10(2)6-13(3-4-19-10)21(17,18)8-5-7(14(15)16)9(12-11)20-8/h5,12H,3-4,6,11H2,1-2H3. The second kappa shape index (κ2) is 5.50. The molecule has 1 aromatic rings. The Balaban J connectivity index is 2.38. The highest BCUT2D eigenvalue weighted by molar-refractivity contribution is 7.91. The second-order valence-corrected chi connectivity index (χ2v) is 8.34. The van der Waals surface area contributed by atoms with Crippen LogP contribution in [0.15, 0.2) is 10.3 Å². The van der Waals surface area contributed by atoms with Gasteiger partial charge in [-0.05, 0) is 13.8 Å². The van der Waals surface area contributed by atoms with Crippen molar-refractivity contribution >= 4 is 32.0 Å². The number of hydrazine groups is 1. The Hall–Kier alpha value is -1.27. The van der Waals surface area contributed by atoms with Crippen molar-refractivity contribution in [3.63, 3.8) is 0 Å². The van der Waals surface area contributed by atoms with E-state index in [1.54, 1.807) is 13.8 Å². The highest BCUT2D eigenvalue weighted by Crippen LogP contribution is 2.38.